The van der Waals surface area contributed by atoms with E-state index in [9.17, 15) is 0 Å². The zero-order valence-electron chi connectivity index (χ0n) is 14.1. The molecule has 0 aliphatic carbocycles. The van der Waals surface area contributed by atoms with Crippen LogP contribution in [0.1, 0.15) is 11.5 Å². The Bertz CT molecular complexity index is 1040. The van der Waals surface area contributed by atoms with Gasteiger partial charge in [0.2, 0.25) is 0 Å². The molecule has 0 atom stereocenters. The predicted molar refractivity (Wildman–Crippen MR) is 104 cm³/mol. The van der Waals surface area contributed by atoms with Crippen LogP contribution >= 0.6 is 23.5 Å². The van der Waals surface area contributed by atoms with Gasteiger partial charge in [0.15, 0.2) is 0 Å². The number of thioether (sulfide) groups is 2. The van der Waals surface area contributed by atoms with E-state index in [0.717, 1.165) is 33.8 Å². The van der Waals surface area contributed by atoms with Crippen LogP contribution in [0, 0.1) is 13.8 Å². The average Bonchev–Trinajstić information content (AvgIpc) is 3.09. The third-order valence-electron chi connectivity index (χ3n) is 4.35. The Balaban J connectivity index is 2.23. The Morgan fingerprint density at radius 1 is 0.792 bits per heavy atom. The molecule has 0 aliphatic rings. The second-order valence-electron chi connectivity index (χ2n) is 5.75. The van der Waals surface area contributed by atoms with Crippen molar-refractivity contribution in [3.63, 3.8) is 0 Å². The van der Waals surface area contributed by atoms with E-state index >= 15 is 0 Å². The number of furan rings is 2. The van der Waals surface area contributed by atoms with Crippen molar-refractivity contribution in [3.8, 4) is 11.1 Å². The van der Waals surface area contributed by atoms with E-state index in [0.29, 0.717) is 0 Å². The normalized spacial score (nSPS) is 11.7. The molecule has 122 valence electrons. The number of hydrogen-bond donors (Lipinski definition) is 0. The SMILES string of the molecule is CSc1c(C)oc2cc(-c3ccccc3)c3oc(C)c(SC)c3c12. The molecule has 0 fully saturated rings. The molecule has 2 nitrogen and oxygen atoms in total. The highest BCUT2D eigenvalue weighted by atomic mass is 32.2. The number of rotatable bonds is 3. The van der Waals surface area contributed by atoms with Crippen molar-refractivity contribution in [2.45, 2.75) is 23.6 Å². The molecular formula is C20H18O2S2. The van der Waals surface area contributed by atoms with E-state index in [1.54, 1.807) is 23.5 Å². The molecule has 0 radical (unpaired) electrons. The molecule has 4 heteroatoms. The van der Waals surface area contributed by atoms with Gasteiger partial charge in [-0.15, -0.1) is 23.5 Å². The molecule has 0 unspecified atom stereocenters. The first-order valence-electron chi connectivity index (χ1n) is 7.78. The van der Waals surface area contributed by atoms with Gasteiger partial charge in [0.25, 0.3) is 0 Å². The molecule has 0 spiro atoms. The van der Waals surface area contributed by atoms with E-state index in [2.05, 4.69) is 42.8 Å². The van der Waals surface area contributed by atoms with Crippen molar-refractivity contribution >= 4 is 45.5 Å². The molecule has 2 aromatic heterocycles. The average molecular weight is 354 g/mol. The van der Waals surface area contributed by atoms with Crippen LogP contribution in [0.25, 0.3) is 33.1 Å². The zero-order chi connectivity index (χ0) is 16.8. The fraction of sp³-hybridized carbons (Fsp3) is 0.200. The van der Waals surface area contributed by atoms with Crippen LogP contribution in [0.2, 0.25) is 0 Å². The lowest BCUT2D eigenvalue weighted by Gasteiger charge is -2.05. The largest absolute Gasteiger partial charge is 0.460 e. The molecule has 0 saturated carbocycles. The van der Waals surface area contributed by atoms with Crippen molar-refractivity contribution in [2.24, 2.45) is 0 Å². The van der Waals surface area contributed by atoms with Crippen molar-refractivity contribution in [3.05, 3.63) is 47.9 Å². The van der Waals surface area contributed by atoms with E-state index < -0.39 is 0 Å². The predicted octanol–water partition coefficient (Wildman–Crippen LogP) is 6.91. The summed E-state index contributed by atoms with van der Waals surface area (Å²) >= 11 is 3.47. The summed E-state index contributed by atoms with van der Waals surface area (Å²) in [5, 5.41) is 2.36. The first-order chi connectivity index (χ1) is 11.7. The smallest absolute Gasteiger partial charge is 0.144 e. The summed E-state index contributed by atoms with van der Waals surface area (Å²) in [6.07, 6.45) is 4.20. The third-order valence-corrected chi connectivity index (χ3v) is 6.15. The first-order valence-corrected chi connectivity index (χ1v) is 10.2. The van der Waals surface area contributed by atoms with Crippen LogP contribution in [0.15, 0.2) is 55.0 Å². The lowest BCUT2D eigenvalue weighted by atomic mass is 10.0. The minimum Gasteiger partial charge on any atom is -0.460 e. The van der Waals surface area contributed by atoms with Crippen LogP contribution in [-0.4, -0.2) is 12.5 Å². The minimum absolute atomic E-state index is 0.930. The maximum atomic E-state index is 6.22. The standard InChI is InChI=1S/C20H18O2S2/c1-11-19(23-3)16-15(21-11)10-14(13-8-6-5-7-9-13)18-17(16)20(24-4)12(2)22-18/h5-10H,1-4H3. The van der Waals surface area contributed by atoms with E-state index in [-0.39, 0.29) is 0 Å². The molecule has 2 aromatic carbocycles. The van der Waals surface area contributed by atoms with Gasteiger partial charge in [0.1, 0.15) is 22.7 Å². The van der Waals surface area contributed by atoms with Gasteiger partial charge in [-0.25, -0.2) is 0 Å². The molecular weight excluding hydrogens is 336 g/mol. The highest BCUT2D eigenvalue weighted by Crippen LogP contribution is 2.46. The van der Waals surface area contributed by atoms with Gasteiger partial charge in [-0.05, 0) is 38.0 Å². The lowest BCUT2D eigenvalue weighted by Crippen LogP contribution is -1.81. The highest BCUT2D eigenvalue weighted by Gasteiger charge is 2.23. The number of hydrogen-bond acceptors (Lipinski definition) is 4. The number of benzene rings is 2. The highest BCUT2D eigenvalue weighted by molar-refractivity contribution is 7.99. The van der Waals surface area contributed by atoms with Crippen molar-refractivity contribution in [1.29, 1.82) is 0 Å². The van der Waals surface area contributed by atoms with E-state index in [1.165, 1.54) is 20.6 Å². The van der Waals surface area contributed by atoms with Crippen molar-refractivity contribution in [2.75, 3.05) is 12.5 Å². The molecule has 0 amide bonds. The Hall–Kier alpha value is -1.78. The van der Waals surface area contributed by atoms with Crippen LogP contribution in [0.5, 0.6) is 0 Å². The van der Waals surface area contributed by atoms with Gasteiger partial charge in [-0.1, -0.05) is 30.3 Å². The summed E-state index contributed by atoms with van der Waals surface area (Å²) < 4.78 is 12.3. The molecule has 0 bridgehead atoms. The number of fused-ring (bicyclic) bond motifs is 3. The Morgan fingerprint density at radius 2 is 1.42 bits per heavy atom. The van der Waals surface area contributed by atoms with Crippen LogP contribution in [0.4, 0.5) is 0 Å². The van der Waals surface area contributed by atoms with E-state index in [4.69, 9.17) is 8.83 Å². The van der Waals surface area contributed by atoms with Gasteiger partial charge in [-0.2, -0.15) is 0 Å². The second-order valence-corrected chi connectivity index (χ2v) is 7.38. The number of aryl methyl sites for hydroxylation is 2. The monoisotopic (exact) mass is 354 g/mol. The molecule has 4 aromatic rings. The maximum absolute atomic E-state index is 6.22. The minimum atomic E-state index is 0.930. The maximum Gasteiger partial charge on any atom is 0.144 e. The first kappa shape index (κ1) is 15.7. The van der Waals surface area contributed by atoms with Crippen LogP contribution in [-0.2, 0) is 0 Å². The summed E-state index contributed by atoms with van der Waals surface area (Å²) in [5.41, 5.74) is 4.11. The van der Waals surface area contributed by atoms with Gasteiger partial charge >= 0.3 is 0 Å². The summed E-state index contributed by atoms with van der Waals surface area (Å²) in [5.74, 6) is 1.93. The molecule has 24 heavy (non-hydrogen) atoms. The quantitative estimate of drug-likeness (QED) is 0.373. The topological polar surface area (TPSA) is 26.3 Å². The lowest BCUT2D eigenvalue weighted by molar-refractivity contribution is 0.565. The zero-order valence-corrected chi connectivity index (χ0v) is 15.7. The van der Waals surface area contributed by atoms with Crippen molar-refractivity contribution < 1.29 is 8.83 Å². The molecule has 0 saturated heterocycles. The summed E-state index contributed by atoms with van der Waals surface area (Å²) in [6, 6.07) is 12.5. The van der Waals surface area contributed by atoms with Crippen LogP contribution < -0.4 is 0 Å². The van der Waals surface area contributed by atoms with Gasteiger partial charge in [0.05, 0.1) is 9.79 Å². The van der Waals surface area contributed by atoms with Crippen LogP contribution in [0.3, 0.4) is 0 Å². The Kier molecular flexibility index (Phi) is 3.89. The van der Waals surface area contributed by atoms with Gasteiger partial charge in [0, 0.05) is 16.3 Å². The Morgan fingerprint density at radius 3 is 2.08 bits per heavy atom. The van der Waals surface area contributed by atoms with E-state index in [1.807, 2.05) is 19.9 Å². The molecule has 4 rings (SSSR count). The summed E-state index contributed by atoms with van der Waals surface area (Å²) in [6.45, 7) is 4.07. The molecule has 0 N–H and O–H groups in total. The van der Waals surface area contributed by atoms with Gasteiger partial charge in [-0.3, -0.25) is 0 Å². The summed E-state index contributed by atoms with van der Waals surface area (Å²) in [4.78, 5) is 2.40. The third kappa shape index (κ3) is 2.20. The fourth-order valence-corrected chi connectivity index (χ4v) is 4.82. The molecule has 0 aliphatic heterocycles. The summed E-state index contributed by atoms with van der Waals surface area (Å²) in [7, 11) is 0. The fourth-order valence-electron chi connectivity index (χ4n) is 3.36. The van der Waals surface area contributed by atoms with Gasteiger partial charge < -0.3 is 8.83 Å². The van der Waals surface area contributed by atoms with Crippen molar-refractivity contribution in [1.82, 2.24) is 0 Å². The second kappa shape index (κ2) is 5.94. The molecule has 2 heterocycles. The Labute approximate surface area is 149 Å².